The van der Waals surface area contributed by atoms with Gasteiger partial charge in [-0.25, -0.2) is 0 Å². The highest BCUT2D eigenvalue weighted by Gasteiger charge is 2.12. The van der Waals surface area contributed by atoms with E-state index >= 15 is 0 Å². The summed E-state index contributed by atoms with van der Waals surface area (Å²) in [5, 5.41) is 2.88. The van der Waals surface area contributed by atoms with E-state index in [-0.39, 0.29) is 12.3 Å². The van der Waals surface area contributed by atoms with Crippen molar-refractivity contribution in [1.29, 1.82) is 0 Å². The van der Waals surface area contributed by atoms with Crippen LogP contribution in [-0.4, -0.2) is 33.3 Å². The minimum absolute atomic E-state index is 0.153. The number of benzene rings is 2. The first-order valence-corrected chi connectivity index (χ1v) is 8.51. The monoisotopic (exact) mass is 359 g/mol. The second-order valence-corrected chi connectivity index (χ2v) is 5.43. The van der Waals surface area contributed by atoms with Crippen molar-refractivity contribution in [2.75, 3.05) is 32.8 Å². The fraction of sp³-hybridized carbons (Fsp3) is 0.350. The third-order valence-corrected chi connectivity index (χ3v) is 3.67. The maximum absolute atomic E-state index is 12.4. The number of ether oxygens (including phenoxy) is 4. The summed E-state index contributed by atoms with van der Waals surface area (Å²) in [7, 11) is 3.15. The molecule has 0 aliphatic rings. The molecule has 0 aromatic heterocycles. The molecule has 1 N–H and O–H groups in total. The van der Waals surface area contributed by atoms with Crippen LogP contribution in [0.4, 0.5) is 5.69 Å². The number of anilines is 1. The van der Waals surface area contributed by atoms with Crippen LogP contribution in [0.2, 0.25) is 0 Å². The van der Waals surface area contributed by atoms with Crippen molar-refractivity contribution < 1.29 is 23.7 Å². The van der Waals surface area contributed by atoms with Crippen LogP contribution in [0.3, 0.4) is 0 Å². The van der Waals surface area contributed by atoms with Gasteiger partial charge >= 0.3 is 0 Å². The molecule has 0 aliphatic carbocycles. The molecular weight excluding hydrogens is 334 g/mol. The molecule has 0 saturated heterocycles. The van der Waals surface area contributed by atoms with Crippen molar-refractivity contribution in [2.24, 2.45) is 0 Å². The lowest BCUT2D eigenvalue weighted by Crippen LogP contribution is -2.15. The molecule has 0 radical (unpaired) electrons. The molecule has 0 heterocycles. The van der Waals surface area contributed by atoms with E-state index in [1.807, 2.05) is 19.9 Å². The van der Waals surface area contributed by atoms with E-state index in [9.17, 15) is 4.79 Å². The lowest BCUT2D eigenvalue weighted by atomic mass is 10.1. The lowest BCUT2D eigenvalue weighted by Gasteiger charge is -2.14. The van der Waals surface area contributed by atoms with E-state index in [0.29, 0.717) is 41.9 Å². The van der Waals surface area contributed by atoms with Crippen molar-refractivity contribution in [3.8, 4) is 23.0 Å². The van der Waals surface area contributed by atoms with E-state index in [2.05, 4.69) is 5.32 Å². The Balaban J connectivity index is 2.11. The van der Waals surface area contributed by atoms with E-state index < -0.39 is 0 Å². The van der Waals surface area contributed by atoms with Crippen LogP contribution in [0.1, 0.15) is 19.4 Å². The van der Waals surface area contributed by atoms with Crippen molar-refractivity contribution in [2.45, 2.75) is 20.3 Å². The average molecular weight is 359 g/mol. The van der Waals surface area contributed by atoms with Crippen LogP contribution >= 0.6 is 0 Å². The predicted octanol–water partition coefficient (Wildman–Crippen LogP) is 3.68. The summed E-state index contributed by atoms with van der Waals surface area (Å²) in [6, 6.07) is 10.7. The third-order valence-electron chi connectivity index (χ3n) is 3.67. The van der Waals surface area contributed by atoms with E-state index in [1.54, 1.807) is 44.6 Å². The van der Waals surface area contributed by atoms with Gasteiger partial charge in [-0.1, -0.05) is 6.07 Å². The topological polar surface area (TPSA) is 66.0 Å². The number of carbonyl (C=O) groups is 1. The van der Waals surface area contributed by atoms with Gasteiger partial charge < -0.3 is 24.3 Å². The minimum atomic E-state index is -0.153. The zero-order chi connectivity index (χ0) is 18.9. The standard InChI is InChI=1S/C20H25NO5/c1-5-25-17-10-8-15(12-19(17)26-6-2)21-20(22)11-14-7-9-16(23-3)13-18(14)24-4/h7-10,12-13H,5-6,11H2,1-4H3,(H,21,22). The summed E-state index contributed by atoms with van der Waals surface area (Å²) in [4.78, 5) is 12.4. The van der Waals surface area contributed by atoms with E-state index in [0.717, 1.165) is 5.56 Å². The zero-order valence-electron chi connectivity index (χ0n) is 15.6. The van der Waals surface area contributed by atoms with Gasteiger partial charge in [0.25, 0.3) is 0 Å². The van der Waals surface area contributed by atoms with Crippen LogP contribution < -0.4 is 24.3 Å². The van der Waals surface area contributed by atoms with Gasteiger partial charge in [-0.2, -0.15) is 0 Å². The first kappa shape index (κ1) is 19.4. The van der Waals surface area contributed by atoms with Gasteiger partial charge in [0.2, 0.25) is 5.91 Å². The molecule has 0 atom stereocenters. The smallest absolute Gasteiger partial charge is 0.228 e. The molecule has 1 amide bonds. The van der Waals surface area contributed by atoms with Crippen LogP contribution in [0.15, 0.2) is 36.4 Å². The molecule has 6 nitrogen and oxygen atoms in total. The van der Waals surface area contributed by atoms with Crippen molar-refractivity contribution in [3.63, 3.8) is 0 Å². The molecular formula is C20H25NO5. The Morgan fingerprint density at radius 3 is 2.27 bits per heavy atom. The van der Waals surface area contributed by atoms with Gasteiger partial charge in [-0.05, 0) is 32.0 Å². The number of nitrogens with one attached hydrogen (secondary N) is 1. The number of hydrogen-bond acceptors (Lipinski definition) is 5. The second kappa shape index (κ2) is 9.56. The summed E-state index contributed by atoms with van der Waals surface area (Å²) in [5.41, 5.74) is 1.43. The quantitative estimate of drug-likeness (QED) is 0.740. The first-order valence-electron chi connectivity index (χ1n) is 8.51. The van der Waals surface area contributed by atoms with Crippen molar-refractivity contribution >= 4 is 11.6 Å². The largest absolute Gasteiger partial charge is 0.497 e. The van der Waals surface area contributed by atoms with Crippen LogP contribution in [0.5, 0.6) is 23.0 Å². The number of methoxy groups -OCH3 is 2. The average Bonchev–Trinajstić information content (AvgIpc) is 2.64. The van der Waals surface area contributed by atoms with Gasteiger partial charge in [0.15, 0.2) is 11.5 Å². The number of carbonyl (C=O) groups excluding carboxylic acids is 1. The lowest BCUT2D eigenvalue weighted by molar-refractivity contribution is -0.115. The second-order valence-electron chi connectivity index (χ2n) is 5.43. The van der Waals surface area contributed by atoms with Gasteiger partial charge in [-0.15, -0.1) is 0 Å². The normalized spacial score (nSPS) is 10.2. The van der Waals surface area contributed by atoms with Crippen LogP contribution in [-0.2, 0) is 11.2 Å². The highest BCUT2D eigenvalue weighted by Crippen LogP contribution is 2.31. The SMILES string of the molecule is CCOc1ccc(NC(=O)Cc2ccc(OC)cc2OC)cc1OCC. The molecule has 140 valence electrons. The summed E-state index contributed by atoms with van der Waals surface area (Å²) in [5.74, 6) is 2.40. The molecule has 2 rings (SSSR count). The Kier molecular flexibility index (Phi) is 7.14. The van der Waals surface area contributed by atoms with Gasteiger partial charge in [0.05, 0.1) is 33.9 Å². The molecule has 0 fully saturated rings. The first-order chi connectivity index (χ1) is 12.6. The highest BCUT2D eigenvalue weighted by molar-refractivity contribution is 5.93. The maximum atomic E-state index is 12.4. The molecule has 2 aromatic carbocycles. The fourth-order valence-corrected chi connectivity index (χ4v) is 2.50. The summed E-state index contributed by atoms with van der Waals surface area (Å²) in [6.45, 7) is 4.87. The fourth-order valence-electron chi connectivity index (χ4n) is 2.50. The number of rotatable bonds is 9. The Hall–Kier alpha value is -2.89. The Morgan fingerprint density at radius 2 is 1.62 bits per heavy atom. The molecule has 2 aromatic rings. The third kappa shape index (κ3) is 5.05. The molecule has 0 unspecified atom stereocenters. The highest BCUT2D eigenvalue weighted by atomic mass is 16.5. The van der Waals surface area contributed by atoms with Gasteiger partial charge in [0.1, 0.15) is 11.5 Å². The number of hydrogen-bond donors (Lipinski definition) is 1. The minimum Gasteiger partial charge on any atom is -0.497 e. The molecule has 0 saturated carbocycles. The molecule has 0 bridgehead atoms. The van der Waals surface area contributed by atoms with Crippen molar-refractivity contribution in [3.05, 3.63) is 42.0 Å². The molecule has 0 aliphatic heterocycles. The molecule has 26 heavy (non-hydrogen) atoms. The Morgan fingerprint density at radius 1 is 0.885 bits per heavy atom. The van der Waals surface area contributed by atoms with Crippen LogP contribution in [0.25, 0.3) is 0 Å². The maximum Gasteiger partial charge on any atom is 0.228 e. The summed E-state index contributed by atoms with van der Waals surface area (Å²) in [6.07, 6.45) is 0.185. The van der Waals surface area contributed by atoms with Gasteiger partial charge in [0, 0.05) is 23.4 Å². The number of amides is 1. The van der Waals surface area contributed by atoms with E-state index in [1.165, 1.54) is 0 Å². The zero-order valence-corrected chi connectivity index (χ0v) is 15.6. The summed E-state index contributed by atoms with van der Waals surface area (Å²) >= 11 is 0. The predicted molar refractivity (Wildman–Crippen MR) is 101 cm³/mol. The van der Waals surface area contributed by atoms with Gasteiger partial charge in [-0.3, -0.25) is 4.79 Å². The van der Waals surface area contributed by atoms with Crippen LogP contribution in [0, 0.1) is 0 Å². The summed E-state index contributed by atoms with van der Waals surface area (Å²) < 4.78 is 21.6. The molecule has 0 spiro atoms. The van der Waals surface area contributed by atoms with E-state index in [4.69, 9.17) is 18.9 Å². The Bertz CT molecular complexity index is 745. The van der Waals surface area contributed by atoms with Crippen molar-refractivity contribution in [1.82, 2.24) is 0 Å². The Labute approximate surface area is 154 Å². The molecule has 6 heteroatoms.